The van der Waals surface area contributed by atoms with Gasteiger partial charge < -0.3 is 20.3 Å². The van der Waals surface area contributed by atoms with Crippen molar-refractivity contribution in [3.05, 3.63) is 18.7 Å². The fraction of sp³-hybridized carbons (Fsp3) is 0.556. The first-order chi connectivity index (χ1) is 7.22. The Morgan fingerprint density at radius 3 is 3.00 bits per heavy atom. The third-order valence-corrected chi connectivity index (χ3v) is 2.69. The van der Waals surface area contributed by atoms with E-state index in [1.54, 1.807) is 23.6 Å². The van der Waals surface area contributed by atoms with Crippen molar-refractivity contribution in [1.82, 2.24) is 14.5 Å². The summed E-state index contributed by atoms with van der Waals surface area (Å²) < 4.78 is 1.81. The average Bonchev–Trinajstić information content (AvgIpc) is 2.84. The summed E-state index contributed by atoms with van der Waals surface area (Å²) in [5.74, 6) is -0.128. The predicted molar refractivity (Wildman–Crippen MR) is 52.9 cm³/mol. The Morgan fingerprint density at radius 1 is 1.60 bits per heavy atom. The largest absolute Gasteiger partial charge is 0.389 e. The van der Waals surface area contributed by atoms with E-state index in [1.165, 1.54) is 0 Å². The van der Waals surface area contributed by atoms with Crippen LogP contribution in [0.3, 0.4) is 0 Å². The molecule has 2 rings (SSSR count). The number of rotatable bonds is 2. The summed E-state index contributed by atoms with van der Waals surface area (Å²) >= 11 is 0. The number of aliphatic hydroxyl groups excluding tert-OH is 1. The van der Waals surface area contributed by atoms with Crippen molar-refractivity contribution >= 4 is 5.91 Å². The van der Waals surface area contributed by atoms with E-state index in [0.717, 1.165) is 0 Å². The molecule has 2 heterocycles. The molecule has 1 fully saturated rings. The monoisotopic (exact) mass is 210 g/mol. The number of likely N-dealkylation sites (tertiary alicyclic amines) is 1. The number of carbonyl (C=O) groups excluding carboxylic acids is 1. The molecule has 0 unspecified atom stereocenters. The van der Waals surface area contributed by atoms with Gasteiger partial charge >= 0.3 is 0 Å². The number of hydrogen-bond acceptors (Lipinski definition) is 4. The molecule has 3 N–H and O–H groups in total. The van der Waals surface area contributed by atoms with E-state index in [2.05, 4.69) is 4.98 Å². The first kappa shape index (κ1) is 10.1. The lowest BCUT2D eigenvalue weighted by atomic mass is 10.2. The van der Waals surface area contributed by atoms with Gasteiger partial charge in [-0.25, -0.2) is 4.98 Å². The van der Waals surface area contributed by atoms with Gasteiger partial charge in [-0.15, -0.1) is 0 Å². The van der Waals surface area contributed by atoms with Gasteiger partial charge in [0.1, 0.15) is 0 Å². The number of nitrogens with zero attached hydrogens (tertiary/aromatic N) is 3. The summed E-state index contributed by atoms with van der Waals surface area (Å²) in [5.41, 5.74) is 5.27. The maximum atomic E-state index is 11.3. The minimum absolute atomic E-state index is 0.0105. The van der Waals surface area contributed by atoms with Crippen LogP contribution in [0.5, 0.6) is 0 Å². The second-order valence-electron chi connectivity index (χ2n) is 3.65. The molecule has 2 atom stereocenters. The average molecular weight is 210 g/mol. The molecule has 0 bridgehead atoms. The summed E-state index contributed by atoms with van der Waals surface area (Å²) in [6, 6.07) is -0.108. The summed E-state index contributed by atoms with van der Waals surface area (Å²) in [6.07, 6.45) is 4.53. The van der Waals surface area contributed by atoms with E-state index in [1.807, 2.05) is 4.57 Å². The summed E-state index contributed by atoms with van der Waals surface area (Å²) in [5, 5.41) is 9.79. The molecular formula is C9H14N4O2. The molecule has 15 heavy (non-hydrogen) atoms. The third-order valence-electron chi connectivity index (χ3n) is 2.69. The lowest BCUT2D eigenvalue weighted by Crippen LogP contribution is -2.34. The van der Waals surface area contributed by atoms with Crippen molar-refractivity contribution in [3.63, 3.8) is 0 Å². The lowest BCUT2D eigenvalue weighted by molar-refractivity contribution is -0.129. The normalized spacial score (nSPS) is 25.9. The lowest BCUT2D eigenvalue weighted by Gasteiger charge is -2.15. The molecular weight excluding hydrogens is 196 g/mol. The van der Waals surface area contributed by atoms with E-state index in [-0.39, 0.29) is 18.5 Å². The van der Waals surface area contributed by atoms with Gasteiger partial charge in [-0.05, 0) is 0 Å². The van der Waals surface area contributed by atoms with Crippen LogP contribution in [0.25, 0.3) is 0 Å². The number of nitrogens with two attached hydrogens (primary N) is 1. The highest BCUT2D eigenvalue weighted by Crippen LogP contribution is 2.21. The van der Waals surface area contributed by atoms with Crippen LogP contribution in [0.2, 0.25) is 0 Å². The smallest absolute Gasteiger partial charge is 0.236 e. The van der Waals surface area contributed by atoms with Crippen molar-refractivity contribution in [2.24, 2.45) is 5.73 Å². The van der Waals surface area contributed by atoms with Gasteiger partial charge in [0, 0.05) is 25.5 Å². The van der Waals surface area contributed by atoms with Gasteiger partial charge in [-0.1, -0.05) is 0 Å². The van der Waals surface area contributed by atoms with Crippen LogP contribution in [0, 0.1) is 0 Å². The van der Waals surface area contributed by atoms with E-state index in [4.69, 9.17) is 5.73 Å². The number of β-amino-alcohol motifs (C(OH)–C–C–N with tert-alkyl or cyclic N) is 1. The highest BCUT2D eigenvalue weighted by molar-refractivity contribution is 5.78. The van der Waals surface area contributed by atoms with Crippen LogP contribution in [-0.2, 0) is 4.79 Å². The second kappa shape index (κ2) is 4.00. The number of imidazole rings is 1. The quantitative estimate of drug-likeness (QED) is 0.628. The molecule has 1 amide bonds. The van der Waals surface area contributed by atoms with Gasteiger partial charge in [0.05, 0.1) is 25.0 Å². The molecule has 6 heteroatoms. The molecule has 1 aliphatic rings. The summed E-state index contributed by atoms with van der Waals surface area (Å²) in [4.78, 5) is 16.8. The highest BCUT2D eigenvalue weighted by atomic mass is 16.3. The zero-order chi connectivity index (χ0) is 10.8. The Hall–Kier alpha value is -1.40. The standard InChI is InChI=1S/C9H14N4O2/c10-3-9(15)13-4-7(8(14)5-13)12-2-1-11-6-12/h1-2,6-8,14H,3-5,10H2/t7-,8+/m0/s1. The van der Waals surface area contributed by atoms with Crippen molar-refractivity contribution in [3.8, 4) is 0 Å². The topological polar surface area (TPSA) is 84.4 Å². The Labute approximate surface area is 87.3 Å². The van der Waals surface area contributed by atoms with Crippen LogP contribution in [0.15, 0.2) is 18.7 Å². The van der Waals surface area contributed by atoms with Crippen molar-refractivity contribution in [2.45, 2.75) is 12.1 Å². The van der Waals surface area contributed by atoms with Gasteiger partial charge in [0.25, 0.3) is 0 Å². The molecule has 0 aromatic carbocycles. The molecule has 0 spiro atoms. The number of hydrogen-bond donors (Lipinski definition) is 2. The van der Waals surface area contributed by atoms with E-state index >= 15 is 0 Å². The first-order valence-corrected chi connectivity index (χ1v) is 4.85. The van der Waals surface area contributed by atoms with Crippen LogP contribution in [-0.4, -0.2) is 51.2 Å². The molecule has 1 aliphatic heterocycles. The Kier molecular flexibility index (Phi) is 2.70. The maximum absolute atomic E-state index is 11.3. The van der Waals surface area contributed by atoms with E-state index in [9.17, 15) is 9.90 Å². The highest BCUT2D eigenvalue weighted by Gasteiger charge is 2.34. The Morgan fingerprint density at radius 2 is 2.40 bits per heavy atom. The molecule has 1 saturated heterocycles. The maximum Gasteiger partial charge on any atom is 0.236 e. The van der Waals surface area contributed by atoms with E-state index < -0.39 is 6.10 Å². The summed E-state index contributed by atoms with van der Waals surface area (Å²) in [6.45, 7) is 0.829. The van der Waals surface area contributed by atoms with Crippen LogP contribution in [0.1, 0.15) is 6.04 Å². The molecule has 0 radical (unpaired) electrons. The number of aromatic nitrogens is 2. The fourth-order valence-corrected chi connectivity index (χ4v) is 1.86. The van der Waals surface area contributed by atoms with E-state index in [0.29, 0.717) is 13.1 Å². The third kappa shape index (κ3) is 1.86. The fourth-order valence-electron chi connectivity index (χ4n) is 1.86. The van der Waals surface area contributed by atoms with Crippen LogP contribution >= 0.6 is 0 Å². The molecule has 0 aliphatic carbocycles. The first-order valence-electron chi connectivity index (χ1n) is 4.85. The van der Waals surface area contributed by atoms with Crippen LogP contribution < -0.4 is 5.73 Å². The van der Waals surface area contributed by atoms with Gasteiger partial charge in [-0.3, -0.25) is 4.79 Å². The molecule has 82 valence electrons. The molecule has 6 nitrogen and oxygen atoms in total. The SMILES string of the molecule is NCC(=O)N1C[C@@H](O)[C@@H](n2ccnc2)C1. The number of carbonyl (C=O) groups is 1. The minimum atomic E-state index is -0.547. The van der Waals surface area contributed by atoms with Crippen LogP contribution in [0.4, 0.5) is 0 Å². The van der Waals surface area contributed by atoms with Crippen molar-refractivity contribution < 1.29 is 9.90 Å². The zero-order valence-electron chi connectivity index (χ0n) is 8.28. The minimum Gasteiger partial charge on any atom is -0.389 e. The van der Waals surface area contributed by atoms with Gasteiger partial charge in [0.2, 0.25) is 5.91 Å². The van der Waals surface area contributed by atoms with Gasteiger partial charge in [-0.2, -0.15) is 0 Å². The molecule has 1 aromatic heterocycles. The summed E-state index contributed by atoms with van der Waals surface area (Å²) in [7, 11) is 0. The molecule has 0 saturated carbocycles. The number of aliphatic hydroxyl groups is 1. The Balaban J connectivity index is 2.08. The number of amides is 1. The van der Waals surface area contributed by atoms with Crippen molar-refractivity contribution in [2.75, 3.05) is 19.6 Å². The molecule has 1 aromatic rings. The Bertz CT molecular complexity index is 338. The second-order valence-corrected chi connectivity index (χ2v) is 3.65. The predicted octanol–water partition coefficient (Wildman–Crippen LogP) is -1.41. The van der Waals surface area contributed by atoms with Gasteiger partial charge in [0.15, 0.2) is 0 Å². The van der Waals surface area contributed by atoms with Crippen molar-refractivity contribution in [1.29, 1.82) is 0 Å². The zero-order valence-corrected chi connectivity index (χ0v) is 8.28.